The molecule has 2 aromatic carbocycles. The highest BCUT2D eigenvalue weighted by molar-refractivity contribution is 5.95. The van der Waals surface area contributed by atoms with Crippen LogP contribution in [0.4, 0.5) is 4.39 Å². The van der Waals surface area contributed by atoms with Crippen molar-refractivity contribution in [3.63, 3.8) is 0 Å². The van der Waals surface area contributed by atoms with Crippen molar-refractivity contribution in [1.29, 1.82) is 0 Å². The van der Waals surface area contributed by atoms with Gasteiger partial charge in [-0.05, 0) is 29.8 Å². The van der Waals surface area contributed by atoms with Gasteiger partial charge < -0.3 is 20.1 Å². The summed E-state index contributed by atoms with van der Waals surface area (Å²) < 4.78 is 19.7. The molecule has 10 heteroatoms. The molecule has 1 saturated heterocycles. The number of amides is 2. The molecule has 2 atom stereocenters. The molecule has 0 spiro atoms. The molecule has 2 amide bonds. The van der Waals surface area contributed by atoms with Gasteiger partial charge in [0.05, 0.1) is 12.1 Å². The average molecular weight is 480 g/mol. The molecular formula is C25H25FN4O5. The molecule has 1 aliphatic heterocycles. The Kier molecular flexibility index (Phi) is 6.92. The van der Waals surface area contributed by atoms with Gasteiger partial charge in [-0.25, -0.2) is 9.37 Å². The molecule has 2 N–H and O–H groups in total. The van der Waals surface area contributed by atoms with Crippen LogP contribution in [-0.4, -0.2) is 51.1 Å². The fraction of sp³-hybridized carbons (Fsp3) is 0.280. The summed E-state index contributed by atoms with van der Waals surface area (Å²) in [4.78, 5) is 44.8. The number of carbonyl (C=O) groups is 2. The summed E-state index contributed by atoms with van der Waals surface area (Å²) in [7, 11) is 2.96. The van der Waals surface area contributed by atoms with Crippen molar-refractivity contribution in [2.45, 2.75) is 25.1 Å². The molecule has 1 fully saturated rings. The van der Waals surface area contributed by atoms with E-state index in [0.29, 0.717) is 17.5 Å². The van der Waals surface area contributed by atoms with Crippen molar-refractivity contribution in [2.24, 2.45) is 7.05 Å². The van der Waals surface area contributed by atoms with E-state index in [4.69, 9.17) is 4.74 Å². The van der Waals surface area contributed by atoms with E-state index in [-0.39, 0.29) is 30.9 Å². The van der Waals surface area contributed by atoms with E-state index in [1.807, 2.05) is 0 Å². The minimum Gasteiger partial charge on any atom is -0.501 e. The van der Waals surface area contributed by atoms with Gasteiger partial charge in [0, 0.05) is 39.2 Å². The van der Waals surface area contributed by atoms with E-state index >= 15 is 0 Å². The maximum atomic E-state index is 13.3. The number of halogens is 1. The smallest absolute Gasteiger partial charge is 0.296 e. The van der Waals surface area contributed by atoms with E-state index in [2.05, 4.69) is 10.3 Å². The number of hydrogen-bond acceptors (Lipinski definition) is 6. The molecule has 4 rings (SSSR count). The molecule has 0 saturated carbocycles. The number of aromatic hydroxyl groups is 1. The Labute approximate surface area is 200 Å². The fourth-order valence-electron chi connectivity index (χ4n) is 4.12. The van der Waals surface area contributed by atoms with Crippen LogP contribution in [0.2, 0.25) is 0 Å². The third-order valence-electron chi connectivity index (χ3n) is 6.06. The summed E-state index contributed by atoms with van der Waals surface area (Å²) >= 11 is 0. The zero-order chi connectivity index (χ0) is 25.1. The summed E-state index contributed by atoms with van der Waals surface area (Å²) in [6.45, 7) is 0.316. The largest absolute Gasteiger partial charge is 0.501 e. The van der Waals surface area contributed by atoms with Crippen LogP contribution in [0.5, 0.6) is 5.75 Å². The maximum Gasteiger partial charge on any atom is 0.296 e. The van der Waals surface area contributed by atoms with Crippen LogP contribution in [0.3, 0.4) is 0 Å². The van der Waals surface area contributed by atoms with Crippen molar-refractivity contribution in [3.8, 4) is 5.75 Å². The first-order valence-corrected chi connectivity index (χ1v) is 11.0. The summed E-state index contributed by atoms with van der Waals surface area (Å²) in [6, 6.07) is 13.6. The standard InChI is InChI=1S/C25H25FN4O5/c1-29-22(19-12-18(35-2)14-30(19)24(33)16-6-4-3-5-7-16)28-20(21(31)25(29)34)23(32)27-13-15-8-10-17(26)11-9-15/h3-11,18-19,31H,12-14H2,1-2H3,(H,27,32)/t18-,19?/m1/s1. The second kappa shape index (κ2) is 10.1. The van der Waals surface area contributed by atoms with Gasteiger partial charge >= 0.3 is 0 Å². The van der Waals surface area contributed by atoms with Crippen LogP contribution in [0.25, 0.3) is 0 Å². The van der Waals surface area contributed by atoms with Crippen molar-refractivity contribution >= 4 is 11.8 Å². The van der Waals surface area contributed by atoms with Crippen molar-refractivity contribution in [2.75, 3.05) is 13.7 Å². The molecule has 9 nitrogen and oxygen atoms in total. The van der Waals surface area contributed by atoms with Crippen LogP contribution < -0.4 is 10.9 Å². The van der Waals surface area contributed by atoms with Gasteiger partial charge in [0.15, 0.2) is 5.69 Å². The van der Waals surface area contributed by atoms with Crippen LogP contribution in [-0.2, 0) is 18.3 Å². The second-order valence-corrected chi connectivity index (χ2v) is 8.27. The maximum absolute atomic E-state index is 13.3. The minimum atomic E-state index is -0.810. The minimum absolute atomic E-state index is 0.0402. The lowest BCUT2D eigenvalue weighted by molar-refractivity contribution is 0.0682. The molecule has 3 aromatic rings. The Bertz CT molecular complexity index is 1290. The van der Waals surface area contributed by atoms with Crippen LogP contribution >= 0.6 is 0 Å². The van der Waals surface area contributed by atoms with E-state index in [1.165, 1.54) is 38.4 Å². The zero-order valence-electron chi connectivity index (χ0n) is 19.3. The van der Waals surface area contributed by atoms with Gasteiger partial charge in [0.25, 0.3) is 17.4 Å². The number of likely N-dealkylation sites (tertiary alicyclic amines) is 1. The number of aromatic nitrogens is 2. The number of nitrogens with zero attached hydrogens (tertiary/aromatic N) is 3. The summed E-state index contributed by atoms with van der Waals surface area (Å²) in [6.07, 6.45) is 0.0608. The monoisotopic (exact) mass is 480 g/mol. The van der Waals surface area contributed by atoms with Crippen LogP contribution in [0.15, 0.2) is 59.4 Å². The van der Waals surface area contributed by atoms with Crippen LogP contribution in [0, 0.1) is 5.82 Å². The Morgan fingerprint density at radius 3 is 2.51 bits per heavy atom. The highest BCUT2D eigenvalue weighted by atomic mass is 19.1. The SMILES string of the molecule is CO[C@@H]1CC(c2nc(C(=O)NCc3ccc(F)cc3)c(O)c(=O)n2C)N(C(=O)c2ccccc2)C1. The van der Waals surface area contributed by atoms with Crippen LogP contribution in [0.1, 0.15) is 44.7 Å². The van der Waals surface area contributed by atoms with E-state index in [1.54, 1.807) is 35.2 Å². The first-order chi connectivity index (χ1) is 16.8. The topological polar surface area (TPSA) is 114 Å². The van der Waals surface area contributed by atoms with Gasteiger partial charge in [-0.15, -0.1) is 0 Å². The van der Waals surface area contributed by atoms with Crippen molar-refractivity contribution < 1.29 is 23.8 Å². The Morgan fingerprint density at radius 2 is 1.86 bits per heavy atom. The third-order valence-corrected chi connectivity index (χ3v) is 6.06. The fourth-order valence-corrected chi connectivity index (χ4v) is 4.12. The molecule has 2 heterocycles. The lowest BCUT2D eigenvalue weighted by Crippen LogP contribution is -2.36. The van der Waals surface area contributed by atoms with Crippen molar-refractivity contribution in [3.05, 3.63) is 93.4 Å². The number of benzene rings is 2. The predicted molar refractivity (Wildman–Crippen MR) is 124 cm³/mol. The van der Waals surface area contributed by atoms with Gasteiger partial charge in [-0.2, -0.15) is 0 Å². The number of methoxy groups -OCH3 is 1. The number of rotatable bonds is 6. The number of ether oxygens (including phenoxy) is 1. The Hall–Kier alpha value is -4.05. The molecule has 1 unspecified atom stereocenters. The van der Waals surface area contributed by atoms with E-state index in [0.717, 1.165) is 4.57 Å². The zero-order valence-corrected chi connectivity index (χ0v) is 19.3. The molecule has 1 aliphatic rings. The Morgan fingerprint density at radius 1 is 1.17 bits per heavy atom. The molecule has 0 radical (unpaired) electrons. The van der Waals surface area contributed by atoms with Gasteiger partial charge in [-0.1, -0.05) is 30.3 Å². The van der Waals surface area contributed by atoms with Gasteiger partial charge in [0.2, 0.25) is 5.75 Å². The first-order valence-electron chi connectivity index (χ1n) is 11.0. The summed E-state index contributed by atoms with van der Waals surface area (Å²) in [5.41, 5.74) is -0.162. The lowest BCUT2D eigenvalue weighted by atomic mass is 10.1. The Balaban J connectivity index is 1.66. The van der Waals surface area contributed by atoms with E-state index in [9.17, 15) is 23.9 Å². The normalized spacial score (nSPS) is 17.4. The second-order valence-electron chi connectivity index (χ2n) is 8.27. The summed E-state index contributed by atoms with van der Waals surface area (Å²) in [5, 5.41) is 13.0. The molecule has 1 aromatic heterocycles. The van der Waals surface area contributed by atoms with E-state index < -0.39 is 34.8 Å². The van der Waals surface area contributed by atoms with Gasteiger partial charge in [0.1, 0.15) is 11.6 Å². The quantitative estimate of drug-likeness (QED) is 0.559. The predicted octanol–water partition coefficient (Wildman–Crippen LogP) is 2.16. The number of carbonyl (C=O) groups excluding carboxylic acids is 2. The number of hydrogen-bond donors (Lipinski definition) is 2. The number of nitrogens with one attached hydrogen (secondary N) is 1. The lowest BCUT2D eigenvalue weighted by Gasteiger charge is -2.25. The first kappa shape index (κ1) is 24.1. The van der Waals surface area contributed by atoms with Gasteiger partial charge in [-0.3, -0.25) is 19.0 Å². The van der Waals surface area contributed by atoms with Crippen molar-refractivity contribution in [1.82, 2.24) is 19.8 Å². The molecular weight excluding hydrogens is 455 g/mol. The molecule has 0 bridgehead atoms. The third kappa shape index (κ3) is 4.92. The highest BCUT2D eigenvalue weighted by Crippen LogP contribution is 2.33. The summed E-state index contributed by atoms with van der Waals surface area (Å²) in [5.74, 6) is -2.08. The highest BCUT2D eigenvalue weighted by Gasteiger charge is 2.39. The average Bonchev–Trinajstić information content (AvgIpc) is 3.31. The molecule has 0 aliphatic carbocycles. The molecule has 182 valence electrons. The molecule has 35 heavy (non-hydrogen) atoms.